The van der Waals surface area contributed by atoms with Gasteiger partial charge in [-0.1, -0.05) is 25.4 Å². The van der Waals surface area contributed by atoms with E-state index in [0.29, 0.717) is 22.0 Å². The Morgan fingerprint density at radius 1 is 1.36 bits per heavy atom. The summed E-state index contributed by atoms with van der Waals surface area (Å²) in [7, 11) is -1.04. The fourth-order valence-electron chi connectivity index (χ4n) is 2.79. The summed E-state index contributed by atoms with van der Waals surface area (Å²) in [5.41, 5.74) is 0.669. The summed E-state index contributed by atoms with van der Waals surface area (Å²) < 4.78 is 11.3. The SMILES string of the molecule is CS(=O)Cc1cc(NC(=O)[C@@H]2[C@H](C(=O)O)C2(C)C)ccc1Cl. The van der Waals surface area contributed by atoms with Crippen LogP contribution in [-0.4, -0.2) is 27.4 Å². The highest BCUT2D eigenvalue weighted by molar-refractivity contribution is 7.83. The average molecular weight is 344 g/mol. The van der Waals surface area contributed by atoms with Crippen LogP contribution in [0.2, 0.25) is 5.02 Å². The first-order valence-electron chi connectivity index (χ1n) is 6.76. The van der Waals surface area contributed by atoms with Gasteiger partial charge in [0, 0.05) is 33.5 Å². The minimum absolute atomic E-state index is 0.301. The molecule has 0 radical (unpaired) electrons. The van der Waals surface area contributed by atoms with Crippen molar-refractivity contribution in [3.8, 4) is 0 Å². The predicted molar refractivity (Wildman–Crippen MR) is 86.2 cm³/mol. The van der Waals surface area contributed by atoms with Gasteiger partial charge in [0.1, 0.15) is 0 Å². The Labute approximate surface area is 136 Å². The third kappa shape index (κ3) is 3.33. The molecule has 22 heavy (non-hydrogen) atoms. The average Bonchev–Trinajstić information content (AvgIpc) is 2.96. The van der Waals surface area contributed by atoms with E-state index in [1.807, 2.05) is 0 Å². The summed E-state index contributed by atoms with van der Waals surface area (Å²) in [6, 6.07) is 4.95. The van der Waals surface area contributed by atoms with Crippen LogP contribution in [0.4, 0.5) is 5.69 Å². The lowest BCUT2D eigenvalue weighted by Crippen LogP contribution is -2.17. The molecule has 2 rings (SSSR count). The Morgan fingerprint density at radius 3 is 2.50 bits per heavy atom. The van der Waals surface area contributed by atoms with Crippen molar-refractivity contribution in [3.05, 3.63) is 28.8 Å². The zero-order valence-corrected chi connectivity index (χ0v) is 14.1. The molecule has 120 valence electrons. The topological polar surface area (TPSA) is 83.5 Å². The van der Waals surface area contributed by atoms with Crippen molar-refractivity contribution in [1.82, 2.24) is 0 Å². The van der Waals surface area contributed by atoms with Gasteiger partial charge in [-0.25, -0.2) is 0 Å². The van der Waals surface area contributed by atoms with Gasteiger partial charge in [-0.15, -0.1) is 0 Å². The molecular formula is C15H18ClNO4S. The first-order valence-corrected chi connectivity index (χ1v) is 8.87. The number of anilines is 1. The summed E-state index contributed by atoms with van der Waals surface area (Å²) in [5.74, 6) is -2.19. The molecule has 3 atom stereocenters. The monoisotopic (exact) mass is 343 g/mol. The summed E-state index contributed by atoms with van der Waals surface area (Å²) >= 11 is 6.04. The van der Waals surface area contributed by atoms with Gasteiger partial charge in [-0.05, 0) is 29.2 Å². The van der Waals surface area contributed by atoms with Crippen molar-refractivity contribution < 1.29 is 18.9 Å². The standard InChI is InChI=1S/C15H18ClNO4S/c1-15(2)11(12(15)14(19)20)13(18)17-9-4-5-10(16)8(6-9)7-22(3)21/h4-6,11-12H,7H2,1-3H3,(H,17,18)(H,19,20)/t11-,12+,22?/m0/s1. The molecule has 0 aromatic heterocycles. The second-order valence-electron chi connectivity index (χ2n) is 6.13. The van der Waals surface area contributed by atoms with Gasteiger partial charge in [0.25, 0.3) is 0 Å². The molecule has 1 aliphatic carbocycles. The van der Waals surface area contributed by atoms with E-state index in [9.17, 15) is 13.8 Å². The minimum Gasteiger partial charge on any atom is -0.481 e. The predicted octanol–water partition coefficient (Wildman–Crippen LogP) is 2.51. The molecule has 1 aromatic carbocycles. The smallest absolute Gasteiger partial charge is 0.307 e. The van der Waals surface area contributed by atoms with E-state index >= 15 is 0 Å². The summed E-state index contributed by atoms with van der Waals surface area (Å²) in [5, 5.41) is 12.3. The van der Waals surface area contributed by atoms with Crippen molar-refractivity contribution >= 4 is 40.0 Å². The molecule has 7 heteroatoms. The first-order chi connectivity index (χ1) is 10.1. The fourth-order valence-corrected chi connectivity index (χ4v) is 3.73. The summed E-state index contributed by atoms with van der Waals surface area (Å²) in [4.78, 5) is 23.4. The van der Waals surface area contributed by atoms with Crippen LogP contribution in [-0.2, 0) is 26.1 Å². The van der Waals surface area contributed by atoms with E-state index < -0.39 is 34.0 Å². The number of carbonyl (C=O) groups is 2. The van der Waals surface area contributed by atoms with E-state index in [-0.39, 0.29) is 5.91 Å². The Bertz CT molecular complexity index is 659. The number of carboxylic acid groups (broad SMARTS) is 1. The van der Waals surface area contributed by atoms with Gasteiger partial charge in [-0.2, -0.15) is 0 Å². The van der Waals surface area contributed by atoms with E-state index in [0.717, 1.165) is 0 Å². The Hall–Kier alpha value is -1.40. The quantitative estimate of drug-likeness (QED) is 0.860. The number of nitrogens with one attached hydrogen (secondary N) is 1. The van der Waals surface area contributed by atoms with E-state index in [1.165, 1.54) is 0 Å². The van der Waals surface area contributed by atoms with Gasteiger partial charge < -0.3 is 10.4 Å². The Kier molecular flexibility index (Phi) is 4.63. The Morgan fingerprint density at radius 2 is 2.00 bits per heavy atom. The number of rotatable bonds is 5. The molecular weight excluding hydrogens is 326 g/mol. The largest absolute Gasteiger partial charge is 0.481 e. The third-order valence-corrected chi connectivity index (χ3v) is 5.13. The number of aliphatic carboxylic acids is 1. The highest BCUT2D eigenvalue weighted by atomic mass is 35.5. The number of halogens is 1. The molecule has 1 saturated carbocycles. The number of hydrogen-bond donors (Lipinski definition) is 2. The number of carboxylic acids is 1. The molecule has 0 aliphatic heterocycles. The van der Waals surface area contributed by atoms with E-state index in [1.54, 1.807) is 38.3 Å². The van der Waals surface area contributed by atoms with Crippen molar-refractivity contribution in [2.75, 3.05) is 11.6 Å². The molecule has 0 heterocycles. The number of amides is 1. The molecule has 0 spiro atoms. The van der Waals surface area contributed by atoms with Crippen LogP contribution in [0.3, 0.4) is 0 Å². The lowest BCUT2D eigenvalue weighted by molar-refractivity contribution is -0.140. The number of benzene rings is 1. The molecule has 1 fully saturated rings. The minimum atomic E-state index is -1.04. The molecule has 0 saturated heterocycles. The van der Waals surface area contributed by atoms with Crippen LogP contribution < -0.4 is 5.32 Å². The maximum Gasteiger partial charge on any atom is 0.307 e. The highest BCUT2D eigenvalue weighted by Crippen LogP contribution is 2.58. The highest BCUT2D eigenvalue weighted by Gasteiger charge is 2.65. The van der Waals surface area contributed by atoms with Gasteiger partial charge in [-0.3, -0.25) is 13.8 Å². The zero-order valence-electron chi connectivity index (χ0n) is 12.6. The van der Waals surface area contributed by atoms with Crippen LogP contribution in [0, 0.1) is 17.3 Å². The van der Waals surface area contributed by atoms with Gasteiger partial charge >= 0.3 is 5.97 Å². The van der Waals surface area contributed by atoms with Crippen LogP contribution >= 0.6 is 11.6 Å². The summed E-state index contributed by atoms with van der Waals surface area (Å²) in [6.07, 6.45) is 1.58. The summed E-state index contributed by atoms with van der Waals surface area (Å²) in [6.45, 7) is 3.53. The molecule has 2 N–H and O–H groups in total. The van der Waals surface area contributed by atoms with E-state index in [2.05, 4.69) is 5.32 Å². The van der Waals surface area contributed by atoms with Crippen LogP contribution in [0.1, 0.15) is 19.4 Å². The maximum absolute atomic E-state index is 12.3. The van der Waals surface area contributed by atoms with Crippen molar-refractivity contribution in [2.45, 2.75) is 19.6 Å². The molecule has 1 amide bonds. The fraction of sp³-hybridized carbons (Fsp3) is 0.467. The second-order valence-corrected chi connectivity index (χ2v) is 7.97. The molecule has 5 nitrogen and oxygen atoms in total. The van der Waals surface area contributed by atoms with Gasteiger partial charge in [0.2, 0.25) is 5.91 Å². The van der Waals surface area contributed by atoms with Crippen molar-refractivity contribution in [3.63, 3.8) is 0 Å². The van der Waals surface area contributed by atoms with E-state index in [4.69, 9.17) is 16.7 Å². The van der Waals surface area contributed by atoms with Crippen molar-refractivity contribution in [2.24, 2.45) is 17.3 Å². The Balaban J connectivity index is 2.13. The van der Waals surface area contributed by atoms with Crippen LogP contribution in [0.15, 0.2) is 18.2 Å². The number of carbonyl (C=O) groups excluding carboxylic acids is 1. The first kappa shape index (κ1) is 17.0. The lowest BCUT2D eigenvalue weighted by atomic mass is 10.1. The van der Waals surface area contributed by atoms with Crippen LogP contribution in [0.5, 0.6) is 0 Å². The molecule has 0 bridgehead atoms. The van der Waals surface area contributed by atoms with Gasteiger partial charge in [0.15, 0.2) is 0 Å². The molecule has 1 aromatic rings. The third-order valence-electron chi connectivity index (χ3n) is 4.05. The molecule has 1 unspecified atom stereocenters. The lowest BCUT2D eigenvalue weighted by Gasteiger charge is -2.09. The second kappa shape index (κ2) is 6.01. The number of hydrogen-bond acceptors (Lipinski definition) is 3. The van der Waals surface area contributed by atoms with Gasteiger partial charge in [0.05, 0.1) is 11.8 Å². The molecule has 1 aliphatic rings. The normalized spacial score (nSPS) is 23.6. The van der Waals surface area contributed by atoms with Crippen LogP contribution in [0.25, 0.3) is 0 Å². The maximum atomic E-state index is 12.3. The zero-order chi connectivity index (χ0) is 16.7. The van der Waals surface area contributed by atoms with Crippen molar-refractivity contribution in [1.29, 1.82) is 0 Å².